The molecule has 1 aromatic carbocycles. The lowest BCUT2D eigenvalue weighted by atomic mass is 9.94. The van der Waals surface area contributed by atoms with Gasteiger partial charge in [-0.15, -0.1) is 0 Å². The molecule has 2 atom stereocenters. The Kier molecular flexibility index (Phi) is 1.80. The molecule has 0 amide bonds. The summed E-state index contributed by atoms with van der Waals surface area (Å²) < 4.78 is 0. The van der Waals surface area contributed by atoms with E-state index in [9.17, 15) is 0 Å². The molecule has 1 N–H and O–H groups in total. The fourth-order valence-corrected chi connectivity index (χ4v) is 2.14. The van der Waals surface area contributed by atoms with E-state index in [0.717, 1.165) is 0 Å². The van der Waals surface area contributed by atoms with Crippen molar-refractivity contribution in [3.63, 3.8) is 0 Å². The zero-order valence-electron chi connectivity index (χ0n) is 7.67. The zero-order chi connectivity index (χ0) is 8.55. The molecule has 0 saturated heterocycles. The molecule has 0 spiro atoms. The van der Waals surface area contributed by atoms with Gasteiger partial charge in [-0.2, -0.15) is 0 Å². The molecule has 2 rings (SSSR count). The summed E-state index contributed by atoms with van der Waals surface area (Å²) in [5.74, 6) is 0.709. The summed E-state index contributed by atoms with van der Waals surface area (Å²) in [7, 11) is 0. The Morgan fingerprint density at radius 1 is 1.33 bits per heavy atom. The van der Waals surface area contributed by atoms with Crippen LogP contribution < -0.4 is 5.32 Å². The standard InChI is InChI=1S/C11H15N/c1-3-9-8(2)12-11-7-5-4-6-10(9)11/h4-9,12H,3H2,1-2H3/t8-,9-/m1/s1. The molecule has 0 aromatic heterocycles. The summed E-state index contributed by atoms with van der Waals surface area (Å²) in [5.41, 5.74) is 2.82. The Bertz CT molecular complexity index is 280. The quantitative estimate of drug-likeness (QED) is 0.667. The number of fused-ring (bicyclic) bond motifs is 1. The van der Waals surface area contributed by atoms with E-state index in [1.54, 1.807) is 0 Å². The normalized spacial score (nSPS) is 26.5. The number of rotatable bonds is 1. The van der Waals surface area contributed by atoms with Crippen molar-refractivity contribution in [2.75, 3.05) is 5.32 Å². The molecule has 0 radical (unpaired) electrons. The van der Waals surface area contributed by atoms with Crippen molar-refractivity contribution in [1.82, 2.24) is 0 Å². The van der Waals surface area contributed by atoms with Gasteiger partial charge >= 0.3 is 0 Å². The van der Waals surface area contributed by atoms with E-state index in [0.29, 0.717) is 12.0 Å². The van der Waals surface area contributed by atoms with Gasteiger partial charge in [-0.05, 0) is 25.0 Å². The van der Waals surface area contributed by atoms with Crippen LogP contribution in [0.25, 0.3) is 0 Å². The number of benzene rings is 1. The molecule has 0 unspecified atom stereocenters. The SMILES string of the molecule is CC[C@H]1c2ccccc2N[C@@H]1C. The van der Waals surface area contributed by atoms with Crippen LogP contribution in [0, 0.1) is 0 Å². The molecule has 1 heteroatoms. The zero-order valence-corrected chi connectivity index (χ0v) is 7.67. The molecule has 1 aromatic rings. The van der Waals surface area contributed by atoms with Crippen LogP contribution in [0.1, 0.15) is 31.7 Å². The first-order chi connectivity index (χ1) is 5.83. The van der Waals surface area contributed by atoms with E-state index in [4.69, 9.17) is 0 Å². The van der Waals surface area contributed by atoms with Gasteiger partial charge in [0.25, 0.3) is 0 Å². The van der Waals surface area contributed by atoms with Crippen molar-refractivity contribution in [1.29, 1.82) is 0 Å². The van der Waals surface area contributed by atoms with Crippen LogP contribution in [-0.2, 0) is 0 Å². The van der Waals surface area contributed by atoms with E-state index >= 15 is 0 Å². The second kappa shape index (κ2) is 2.81. The monoisotopic (exact) mass is 161 g/mol. The van der Waals surface area contributed by atoms with Crippen LogP contribution in [0.4, 0.5) is 5.69 Å². The van der Waals surface area contributed by atoms with Crippen LogP contribution in [0.15, 0.2) is 24.3 Å². The highest BCUT2D eigenvalue weighted by atomic mass is 15.0. The second-order valence-electron chi connectivity index (χ2n) is 3.54. The third kappa shape index (κ3) is 1.01. The number of nitrogens with one attached hydrogen (secondary N) is 1. The van der Waals surface area contributed by atoms with Gasteiger partial charge in [0.1, 0.15) is 0 Å². The number of hydrogen-bond donors (Lipinski definition) is 1. The summed E-state index contributed by atoms with van der Waals surface area (Å²) >= 11 is 0. The van der Waals surface area contributed by atoms with Crippen molar-refractivity contribution in [2.45, 2.75) is 32.2 Å². The van der Waals surface area contributed by atoms with Crippen molar-refractivity contribution in [2.24, 2.45) is 0 Å². The summed E-state index contributed by atoms with van der Waals surface area (Å²) in [6, 6.07) is 9.23. The molecule has 0 bridgehead atoms. The van der Waals surface area contributed by atoms with Crippen LogP contribution in [0.2, 0.25) is 0 Å². The molecule has 1 aliphatic rings. The molecule has 64 valence electrons. The Labute approximate surface area is 73.8 Å². The Morgan fingerprint density at radius 3 is 2.83 bits per heavy atom. The molecule has 1 aliphatic heterocycles. The fourth-order valence-electron chi connectivity index (χ4n) is 2.14. The second-order valence-corrected chi connectivity index (χ2v) is 3.54. The summed E-state index contributed by atoms with van der Waals surface area (Å²) in [5, 5.41) is 3.50. The highest BCUT2D eigenvalue weighted by molar-refractivity contribution is 5.58. The van der Waals surface area contributed by atoms with Gasteiger partial charge in [0.2, 0.25) is 0 Å². The molecule has 0 fully saturated rings. The number of para-hydroxylation sites is 1. The lowest BCUT2D eigenvalue weighted by Crippen LogP contribution is -2.14. The van der Waals surface area contributed by atoms with Crippen molar-refractivity contribution in [3.05, 3.63) is 29.8 Å². The van der Waals surface area contributed by atoms with E-state index in [2.05, 4.69) is 43.4 Å². The molecule has 1 nitrogen and oxygen atoms in total. The maximum atomic E-state index is 3.50. The van der Waals surface area contributed by atoms with Crippen LogP contribution in [0.3, 0.4) is 0 Å². The predicted molar refractivity (Wildman–Crippen MR) is 52.6 cm³/mol. The highest BCUT2D eigenvalue weighted by Crippen LogP contribution is 2.37. The first kappa shape index (κ1) is 7.66. The Hall–Kier alpha value is -0.980. The minimum Gasteiger partial charge on any atom is -0.382 e. The minimum atomic E-state index is 0.604. The Morgan fingerprint density at radius 2 is 2.08 bits per heavy atom. The lowest BCUT2D eigenvalue weighted by Gasteiger charge is -2.12. The van der Waals surface area contributed by atoms with Gasteiger partial charge in [0.15, 0.2) is 0 Å². The van der Waals surface area contributed by atoms with Crippen molar-refractivity contribution >= 4 is 5.69 Å². The predicted octanol–water partition coefficient (Wildman–Crippen LogP) is 2.99. The third-order valence-electron chi connectivity index (χ3n) is 2.79. The van der Waals surface area contributed by atoms with E-state index < -0.39 is 0 Å². The molecular weight excluding hydrogens is 146 g/mol. The first-order valence-electron chi connectivity index (χ1n) is 4.68. The topological polar surface area (TPSA) is 12.0 Å². The third-order valence-corrected chi connectivity index (χ3v) is 2.79. The first-order valence-corrected chi connectivity index (χ1v) is 4.68. The minimum absolute atomic E-state index is 0.604. The van der Waals surface area contributed by atoms with Crippen LogP contribution in [0.5, 0.6) is 0 Å². The van der Waals surface area contributed by atoms with Gasteiger partial charge in [-0.25, -0.2) is 0 Å². The summed E-state index contributed by atoms with van der Waals surface area (Å²) in [6.45, 7) is 4.51. The largest absolute Gasteiger partial charge is 0.382 e. The Balaban J connectivity index is 2.40. The molecule has 0 aliphatic carbocycles. The molecular formula is C11H15N. The van der Waals surface area contributed by atoms with Gasteiger partial charge < -0.3 is 5.32 Å². The van der Waals surface area contributed by atoms with Gasteiger partial charge in [-0.1, -0.05) is 25.1 Å². The number of anilines is 1. The lowest BCUT2D eigenvalue weighted by molar-refractivity contribution is 0.613. The average Bonchev–Trinajstić information content (AvgIpc) is 2.40. The smallest absolute Gasteiger partial charge is 0.0378 e. The molecule has 0 saturated carbocycles. The maximum absolute atomic E-state index is 3.50. The van der Waals surface area contributed by atoms with Crippen LogP contribution >= 0.6 is 0 Å². The van der Waals surface area contributed by atoms with Gasteiger partial charge in [0, 0.05) is 17.6 Å². The molecule has 1 heterocycles. The summed E-state index contributed by atoms with van der Waals surface area (Å²) in [6.07, 6.45) is 1.23. The molecule has 12 heavy (non-hydrogen) atoms. The van der Waals surface area contributed by atoms with Crippen molar-refractivity contribution < 1.29 is 0 Å². The number of hydrogen-bond acceptors (Lipinski definition) is 1. The van der Waals surface area contributed by atoms with E-state index in [1.165, 1.54) is 17.7 Å². The van der Waals surface area contributed by atoms with E-state index in [-0.39, 0.29) is 0 Å². The average molecular weight is 161 g/mol. The fraction of sp³-hybridized carbons (Fsp3) is 0.455. The van der Waals surface area contributed by atoms with Gasteiger partial charge in [-0.3, -0.25) is 0 Å². The van der Waals surface area contributed by atoms with Crippen LogP contribution in [-0.4, -0.2) is 6.04 Å². The maximum Gasteiger partial charge on any atom is 0.0378 e. The van der Waals surface area contributed by atoms with Gasteiger partial charge in [0.05, 0.1) is 0 Å². The van der Waals surface area contributed by atoms with Crippen molar-refractivity contribution in [3.8, 4) is 0 Å². The van der Waals surface area contributed by atoms with E-state index in [1.807, 2.05) is 0 Å². The summed E-state index contributed by atoms with van der Waals surface area (Å²) in [4.78, 5) is 0. The highest BCUT2D eigenvalue weighted by Gasteiger charge is 2.26.